The van der Waals surface area contributed by atoms with E-state index < -0.39 is 18.5 Å². The summed E-state index contributed by atoms with van der Waals surface area (Å²) in [5.74, 6) is 0.0129. The van der Waals surface area contributed by atoms with Gasteiger partial charge in [-0.1, -0.05) is 20.8 Å². The molecule has 0 saturated heterocycles. The molecule has 116 valence electrons. The molecule has 0 aromatic rings. The number of hydrogen-bond donors (Lipinski definition) is 0. The zero-order valence-corrected chi connectivity index (χ0v) is 12.7. The van der Waals surface area contributed by atoms with Gasteiger partial charge in [0, 0.05) is 5.92 Å². The Kier molecular flexibility index (Phi) is 3.83. The Bertz CT molecular complexity index is 320. The molecule has 0 aromatic carbocycles. The minimum atomic E-state index is -1.45. The standard InChI is InChI=1S/C17H27F3/c1-8-6-11-4-5-12-7-9(2)15(18)17(20)14(12)13(11)16(19)10(8)3/h8-17H,4-7H2,1-3H3. The quantitative estimate of drug-likeness (QED) is 0.590. The van der Waals surface area contributed by atoms with Gasteiger partial charge in [0.1, 0.15) is 18.5 Å². The van der Waals surface area contributed by atoms with E-state index in [9.17, 15) is 13.2 Å². The second kappa shape index (κ2) is 5.21. The Labute approximate surface area is 120 Å². The van der Waals surface area contributed by atoms with Crippen molar-refractivity contribution < 1.29 is 13.2 Å². The lowest BCUT2D eigenvalue weighted by Crippen LogP contribution is -2.55. The fourth-order valence-corrected chi connectivity index (χ4v) is 5.43. The highest BCUT2D eigenvalue weighted by molar-refractivity contribution is 5.03. The van der Waals surface area contributed by atoms with Gasteiger partial charge in [-0.2, -0.15) is 0 Å². The summed E-state index contributed by atoms with van der Waals surface area (Å²) in [7, 11) is 0. The molecular weight excluding hydrogens is 261 g/mol. The van der Waals surface area contributed by atoms with Crippen LogP contribution in [-0.4, -0.2) is 18.5 Å². The van der Waals surface area contributed by atoms with Crippen molar-refractivity contribution >= 4 is 0 Å². The summed E-state index contributed by atoms with van der Waals surface area (Å²) in [5.41, 5.74) is 0. The topological polar surface area (TPSA) is 0 Å². The van der Waals surface area contributed by atoms with Crippen LogP contribution in [0.5, 0.6) is 0 Å². The van der Waals surface area contributed by atoms with Crippen LogP contribution >= 0.6 is 0 Å². The predicted octanol–water partition coefficient (Wildman–Crippen LogP) is 4.98. The number of halogens is 3. The largest absolute Gasteiger partial charge is 0.247 e. The fraction of sp³-hybridized carbons (Fsp3) is 1.00. The maximum Gasteiger partial charge on any atom is 0.135 e. The summed E-state index contributed by atoms with van der Waals surface area (Å²) in [4.78, 5) is 0. The van der Waals surface area contributed by atoms with Gasteiger partial charge >= 0.3 is 0 Å². The second-order valence-corrected chi connectivity index (χ2v) is 7.87. The molecule has 10 atom stereocenters. The smallest absolute Gasteiger partial charge is 0.135 e. The maximum atomic E-state index is 14.8. The first-order chi connectivity index (χ1) is 9.41. The third-order valence-corrected chi connectivity index (χ3v) is 6.77. The second-order valence-electron chi connectivity index (χ2n) is 7.87. The molecule has 0 aromatic heterocycles. The van der Waals surface area contributed by atoms with E-state index in [1.807, 2.05) is 6.92 Å². The maximum absolute atomic E-state index is 14.8. The molecule has 3 saturated carbocycles. The van der Waals surface area contributed by atoms with E-state index in [1.165, 1.54) is 0 Å². The Balaban J connectivity index is 1.88. The summed E-state index contributed by atoms with van der Waals surface area (Å²) < 4.78 is 43.5. The Morgan fingerprint density at radius 2 is 1.15 bits per heavy atom. The molecule has 3 heteroatoms. The van der Waals surface area contributed by atoms with Crippen LogP contribution in [0.25, 0.3) is 0 Å². The molecule has 0 spiro atoms. The average Bonchev–Trinajstić information content (AvgIpc) is 2.42. The van der Waals surface area contributed by atoms with Crippen molar-refractivity contribution in [2.75, 3.05) is 0 Å². The predicted molar refractivity (Wildman–Crippen MR) is 74.6 cm³/mol. The SMILES string of the molecule is CC1CC2CCC3CC(C)C(F)C(F)C3C2C(F)C1C. The van der Waals surface area contributed by atoms with Gasteiger partial charge in [0.25, 0.3) is 0 Å². The Morgan fingerprint density at radius 1 is 0.650 bits per heavy atom. The number of hydrogen-bond acceptors (Lipinski definition) is 0. The summed E-state index contributed by atoms with van der Waals surface area (Å²) in [6, 6.07) is 0. The number of alkyl halides is 3. The summed E-state index contributed by atoms with van der Waals surface area (Å²) in [6.07, 6.45) is -0.0693. The molecule has 0 radical (unpaired) electrons. The van der Waals surface area contributed by atoms with E-state index in [2.05, 4.69) is 6.92 Å². The van der Waals surface area contributed by atoms with E-state index in [1.54, 1.807) is 6.92 Å². The lowest BCUT2D eigenvalue weighted by atomic mass is 9.52. The van der Waals surface area contributed by atoms with Crippen LogP contribution in [0.2, 0.25) is 0 Å². The molecule has 0 aliphatic heterocycles. The minimum Gasteiger partial charge on any atom is -0.247 e. The zero-order valence-electron chi connectivity index (χ0n) is 12.7. The summed E-state index contributed by atoms with van der Waals surface area (Å²) in [5, 5.41) is 0. The third-order valence-electron chi connectivity index (χ3n) is 6.77. The van der Waals surface area contributed by atoms with Crippen molar-refractivity contribution in [2.45, 2.75) is 65.0 Å². The van der Waals surface area contributed by atoms with Crippen LogP contribution in [0, 0.1) is 41.4 Å². The molecule has 3 aliphatic carbocycles. The van der Waals surface area contributed by atoms with E-state index >= 15 is 0 Å². The van der Waals surface area contributed by atoms with E-state index in [0.29, 0.717) is 5.92 Å². The van der Waals surface area contributed by atoms with Crippen LogP contribution < -0.4 is 0 Å². The first-order valence-corrected chi connectivity index (χ1v) is 8.34. The van der Waals surface area contributed by atoms with E-state index in [0.717, 1.165) is 25.7 Å². The molecule has 20 heavy (non-hydrogen) atoms. The van der Waals surface area contributed by atoms with Crippen molar-refractivity contribution in [3.8, 4) is 0 Å². The first kappa shape index (κ1) is 14.7. The van der Waals surface area contributed by atoms with Gasteiger partial charge in [-0.05, 0) is 61.2 Å². The zero-order chi connectivity index (χ0) is 14.6. The van der Waals surface area contributed by atoms with Crippen LogP contribution in [0.4, 0.5) is 13.2 Å². The molecule has 0 heterocycles. The highest BCUT2D eigenvalue weighted by Gasteiger charge is 2.56. The lowest BCUT2D eigenvalue weighted by molar-refractivity contribution is -0.122. The highest BCUT2D eigenvalue weighted by Crippen LogP contribution is 2.56. The van der Waals surface area contributed by atoms with Crippen LogP contribution in [0.15, 0.2) is 0 Å². The normalized spacial score (nSPS) is 59.7. The average molecular weight is 288 g/mol. The molecule has 3 rings (SSSR count). The molecular formula is C17H27F3. The van der Waals surface area contributed by atoms with Crippen molar-refractivity contribution in [1.29, 1.82) is 0 Å². The fourth-order valence-electron chi connectivity index (χ4n) is 5.43. The van der Waals surface area contributed by atoms with Gasteiger partial charge in [-0.25, -0.2) is 13.2 Å². The van der Waals surface area contributed by atoms with Gasteiger partial charge in [0.2, 0.25) is 0 Å². The first-order valence-electron chi connectivity index (χ1n) is 8.34. The monoisotopic (exact) mass is 288 g/mol. The minimum absolute atomic E-state index is 0.0142. The summed E-state index contributed by atoms with van der Waals surface area (Å²) in [6.45, 7) is 5.85. The van der Waals surface area contributed by atoms with E-state index in [4.69, 9.17) is 0 Å². The number of rotatable bonds is 0. The Morgan fingerprint density at radius 3 is 1.75 bits per heavy atom. The molecule has 3 fully saturated rings. The molecule has 0 N–H and O–H groups in total. The van der Waals surface area contributed by atoms with Crippen molar-refractivity contribution in [1.82, 2.24) is 0 Å². The Hall–Kier alpha value is -0.210. The van der Waals surface area contributed by atoms with E-state index in [-0.39, 0.29) is 35.5 Å². The van der Waals surface area contributed by atoms with Gasteiger partial charge in [0.05, 0.1) is 0 Å². The van der Waals surface area contributed by atoms with Crippen LogP contribution in [0.3, 0.4) is 0 Å². The summed E-state index contributed by atoms with van der Waals surface area (Å²) >= 11 is 0. The molecule has 0 amide bonds. The van der Waals surface area contributed by atoms with Crippen LogP contribution in [-0.2, 0) is 0 Å². The lowest BCUT2D eigenvalue weighted by Gasteiger charge is -2.54. The molecule has 0 bridgehead atoms. The molecule has 3 aliphatic rings. The van der Waals surface area contributed by atoms with Gasteiger partial charge in [0.15, 0.2) is 0 Å². The molecule has 0 nitrogen and oxygen atoms in total. The third kappa shape index (κ3) is 2.11. The van der Waals surface area contributed by atoms with Crippen molar-refractivity contribution in [3.05, 3.63) is 0 Å². The number of fused-ring (bicyclic) bond motifs is 3. The van der Waals surface area contributed by atoms with Gasteiger partial charge < -0.3 is 0 Å². The van der Waals surface area contributed by atoms with Crippen molar-refractivity contribution in [3.63, 3.8) is 0 Å². The van der Waals surface area contributed by atoms with Crippen molar-refractivity contribution in [2.24, 2.45) is 41.4 Å². The van der Waals surface area contributed by atoms with Crippen LogP contribution in [0.1, 0.15) is 46.5 Å². The van der Waals surface area contributed by atoms with Gasteiger partial charge in [-0.15, -0.1) is 0 Å². The van der Waals surface area contributed by atoms with Gasteiger partial charge in [-0.3, -0.25) is 0 Å². The molecule has 10 unspecified atom stereocenters. The highest BCUT2D eigenvalue weighted by atomic mass is 19.2.